The highest BCUT2D eigenvalue weighted by Gasteiger charge is 1.99. The molecule has 0 amide bonds. The first kappa shape index (κ1) is 7.28. The van der Waals surface area contributed by atoms with Crippen LogP contribution in [0.2, 0.25) is 0 Å². The van der Waals surface area contributed by atoms with Gasteiger partial charge < -0.3 is 10.3 Å². The largest absolute Gasteiger partial charge is 0.361 e. The first-order valence-electron chi connectivity index (χ1n) is 3.51. The van der Waals surface area contributed by atoms with Crippen molar-refractivity contribution in [2.24, 2.45) is 5.73 Å². The van der Waals surface area contributed by atoms with Gasteiger partial charge in [0.05, 0.1) is 5.69 Å². The van der Waals surface area contributed by atoms with E-state index < -0.39 is 0 Å². The van der Waals surface area contributed by atoms with Gasteiger partial charge in [-0.05, 0) is 13.0 Å². The van der Waals surface area contributed by atoms with E-state index in [1.54, 1.807) is 0 Å². The van der Waals surface area contributed by atoms with Gasteiger partial charge in [0.25, 0.3) is 0 Å². The summed E-state index contributed by atoms with van der Waals surface area (Å²) in [5.74, 6) is 0.888. The Balaban J connectivity index is 2.59. The van der Waals surface area contributed by atoms with Gasteiger partial charge in [0, 0.05) is 12.5 Å². The smallest absolute Gasteiger partial charge is 0.138 e. The van der Waals surface area contributed by atoms with E-state index in [-0.39, 0.29) is 0 Å². The fourth-order valence-electron chi connectivity index (χ4n) is 0.782. The fourth-order valence-corrected chi connectivity index (χ4v) is 0.782. The third-order valence-electron chi connectivity index (χ3n) is 1.36. The van der Waals surface area contributed by atoms with E-state index in [0.29, 0.717) is 6.54 Å². The third kappa shape index (κ3) is 1.57. The molecule has 0 aromatic carbocycles. The first-order chi connectivity index (χ1) is 4.86. The van der Waals surface area contributed by atoms with E-state index in [4.69, 9.17) is 10.3 Å². The van der Waals surface area contributed by atoms with Crippen LogP contribution in [-0.2, 0) is 12.8 Å². The number of rotatable bonds is 3. The molecule has 1 aromatic rings. The van der Waals surface area contributed by atoms with Crippen molar-refractivity contribution in [3.8, 4) is 0 Å². The quantitative estimate of drug-likeness (QED) is 0.673. The summed E-state index contributed by atoms with van der Waals surface area (Å²) >= 11 is 0. The molecule has 0 unspecified atom stereocenters. The SMILES string of the molecule is CCc1cc(CCN)on1. The molecule has 2 N–H and O–H groups in total. The Hall–Kier alpha value is -0.830. The van der Waals surface area contributed by atoms with Crippen molar-refractivity contribution >= 4 is 0 Å². The summed E-state index contributed by atoms with van der Waals surface area (Å²) < 4.78 is 4.97. The van der Waals surface area contributed by atoms with Crippen molar-refractivity contribution in [3.05, 3.63) is 17.5 Å². The minimum Gasteiger partial charge on any atom is -0.361 e. The number of hydrogen-bond acceptors (Lipinski definition) is 3. The van der Waals surface area contributed by atoms with Crippen molar-refractivity contribution in [1.29, 1.82) is 0 Å². The Bertz CT molecular complexity index is 195. The highest BCUT2D eigenvalue weighted by Crippen LogP contribution is 2.03. The number of nitrogens with zero attached hydrogens (tertiary/aromatic N) is 1. The molecule has 0 aliphatic carbocycles. The van der Waals surface area contributed by atoms with Crippen LogP contribution in [0.4, 0.5) is 0 Å². The van der Waals surface area contributed by atoms with Crippen LogP contribution < -0.4 is 5.73 Å². The lowest BCUT2D eigenvalue weighted by molar-refractivity contribution is 0.379. The maximum absolute atomic E-state index is 5.32. The molecule has 0 aliphatic heterocycles. The lowest BCUT2D eigenvalue weighted by Gasteiger charge is -1.84. The minimum atomic E-state index is 0.623. The first-order valence-corrected chi connectivity index (χ1v) is 3.51. The van der Waals surface area contributed by atoms with Crippen molar-refractivity contribution in [3.63, 3.8) is 0 Å². The third-order valence-corrected chi connectivity index (χ3v) is 1.36. The van der Waals surface area contributed by atoms with Gasteiger partial charge in [0.2, 0.25) is 0 Å². The number of aryl methyl sites for hydroxylation is 1. The summed E-state index contributed by atoms with van der Waals surface area (Å²) in [6.07, 6.45) is 1.71. The monoisotopic (exact) mass is 140 g/mol. The number of nitrogens with two attached hydrogens (primary N) is 1. The molecule has 3 heteroatoms. The summed E-state index contributed by atoms with van der Waals surface area (Å²) in [5.41, 5.74) is 6.33. The lowest BCUT2D eigenvalue weighted by atomic mass is 10.3. The van der Waals surface area contributed by atoms with Crippen molar-refractivity contribution in [2.75, 3.05) is 6.54 Å². The molecule has 0 fully saturated rings. The van der Waals surface area contributed by atoms with Gasteiger partial charge in [-0.3, -0.25) is 0 Å². The van der Waals surface area contributed by atoms with Crippen LogP contribution in [0.25, 0.3) is 0 Å². The predicted molar refractivity (Wildman–Crippen MR) is 38.6 cm³/mol. The summed E-state index contributed by atoms with van der Waals surface area (Å²) in [6, 6.07) is 1.95. The van der Waals surface area contributed by atoms with E-state index in [2.05, 4.69) is 5.16 Å². The average molecular weight is 140 g/mol. The fraction of sp³-hybridized carbons (Fsp3) is 0.571. The molecular weight excluding hydrogens is 128 g/mol. The Morgan fingerprint density at radius 3 is 3.00 bits per heavy atom. The van der Waals surface area contributed by atoms with Crippen LogP contribution in [0.1, 0.15) is 18.4 Å². The zero-order valence-electron chi connectivity index (χ0n) is 6.13. The van der Waals surface area contributed by atoms with Crippen LogP contribution in [0.5, 0.6) is 0 Å². The maximum atomic E-state index is 5.32. The lowest BCUT2D eigenvalue weighted by Crippen LogP contribution is -2.01. The van der Waals surface area contributed by atoms with Gasteiger partial charge >= 0.3 is 0 Å². The van der Waals surface area contributed by atoms with Crippen LogP contribution >= 0.6 is 0 Å². The molecule has 0 bridgehead atoms. The highest BCUT2D eigenvalue weighted by atomic mass is 16.5. The van der Waals surface area contributed by atoms with Gasteiger partial charge in [0.1, 0.15) is 5.76 Å². The second kappa shape index (κ2) is 3.37. The number of aromatic nitrogens is 1. The van der Waals surface area contributed by atoms with Gasteiger partial charge in [0.15, 0.2) is 0 Å². The molecule has 1 aromatic heterocycles. The van der Waals surface area contributed by atoms with E-state index >= 15 is 0 Å². The molecular formula is C7H12N2O. The van der Waals surface area contributed by atoms with Gasteiger partial charge in [-0.1, -0.05) is 12.1 Å². The van der Waals surface area contributed by atoms with E-state index in [9.17, 15) is 0 Å². The molecule has 0 radical (unpaired) electrons. The van der Waals surface area contributed by atoms with Gasteiger partial charge in [-0.2, -0.15) is 0 Å². The van der Waals surface area contributed by atoms with Gasteiger partial charge in [-0.25, -0.2) is 0 Å². The molecule has 1 heterocycles. The van der Waals surface area contributed by atoms with Crippen LogP contribution in [0.15, 0.2) is 10.6 Å². The zero-order chi connectivity index (χ0) is 7.40. The Labute approximate surface area is 60.2 Å². The summed E-state index contributed by atoms with van der Waals surface area (Å²) in [5, 5.41) is 3.82. The van der Waals surface area contributed by atoms with Crippen LogP contribution in [-0.4, -0.2) is 11.7 Å². The standard InChI is InChI=1S/C7H12N2O/c1-2-6-5-7(3-4-8)10-9-6/h5H,2-4,8H2,1H3. The Kier molecular flexibility index (Phi) is 2.45. The molecule has 0 aliphatic rings. The molecule has 3 nitrogen and oxygen atoms in total. The second-order valence-corrected chi connectivity index (χ2v) is 2.18. The number of hydrogen-bond donors (Lipinski definition) is 1. The average Bonchev–Trinajstić information content (AvgIpc) is 2.37. The molecule has 0 saturated carbocycles. The topological polar surface area (TPSA) is 52.0 Å². The normalized spacial score (nSPS) is 10.2. The van der Waals surface area contributed by atoms with Crippen LogP contribution in [0.3, 0.4) is 0 Å². The predicted octanol–water partition coefficient (Wildman–Crippen LogP) is 0.738. The van der Waals surface area contributed by atoms with Crippen molar-refractivity contribution in [2.45, 2.75) is 19.8 Å². The van der Waals surface area contributed by atoms with Gasteiger partial charge in [-0.15, -0.1) is 0 Å². The molecule has 10 heavy (non-hydrogen) atoms. The maximum Gasteiger partial charge on any atom is 0.138 e. The summed E-state index contributed by atoms with van der Waals surface area (Å²) in [4.78, 5) is 0. The molecule has 56 valence electrons. The molecule has 0 atom stereocenters. The zero-order valence-corrected chi connectivity index (χ0v) is 6.13. The van der Waals surface area contributed by atoms with E-state index in [0.717, 1.165) is 24.3 Å². The molecule has 1 rings (SSSR count). The van der Waals surface area contributed by atoms with E-state index in [1.165, 1.54) is 0 Å². The molecule has 0 saturated heterocycles. The Morgan fingerprint density at radius 2 is 2.50 bits per heavy atom. The molecule has 0 spiro atoms. The van der Waals surface area contributed by atoms with E-state index in [1.807, 2.05) is 13.0 Å². The minimum absolute atomic E-state index is 0.623. The van der Waals surface area contributed by atoms with Crippen molar-refractivity contribution < 1.29 is 4.52 Å². The summed E-state index contributed by atoms with van der Waals surface area (Å²) in [6.45, 7) is 2.67. The Morgan fingerprint density at radius 1 is 1.70 bits per heavy atom. The van der Waals surface area contributed by atoms with Crippen LogP contribution in [0, 0.1) is 0 Å². The summed E-state index contributed by atoms with van der Waals surface area (Å²) in [7, 11) is 0. The second-order valence-electron chi connectivity index (χ2n) is 2.18. The van der Waals surface area contributed by atoms with Crippen molar-refractivity contribution in [1.82, 2.24) is 5.16 Å². The highest BCUT2D eigenvalue weighted by molar-refractivity contribution is 5.04.